The van der Waals surface area contributed by atoms with Crippen LogP contribution in [0.4, 0.5) is 0 Å². The first kappa shape index (κ1) is 13.1. The highest BCUT2D eigenvalue weighted by Gasteiger charge is 2.46. The lowest BCUT2D eigenvalue weighted by Gasteiger charge is -2.45. The summed E-state index contributed by atoms with van der Waals surface area (Å²) in [6.45, 7) is 6.56. The molecule has 0 saturated carbocycles. The number of hydrogen-bond acceptors (Lipinski definition) is 4. The third-order valence-electron chi connectivity index (χ3n) is 4.88. The van der Waals surface area contributed by atoms with Crippen LogP contribution < -0.4 is 10.2 Å². The van der Waals surface area contributed by atoms with Crippen LogP contribution in [0.3, 0.4) is 0 Å². The van der Waals surface area contributed by atoms with E-state index in [1.165, 1.54) is 37.2 Å². The maximum atomic E-state index is 5.83. The Kier molecular flexibility index (Phi) is 3.14. The highest BCUT2D eigenvalue weighted by molar-refractivity contribution is 5.95. The van der Waals surface area contributed by atoms with E-state index in [2.05, 4.69) is 47.5 Å². The van der Waals surface area contributed by atoms with Crippen LogP contribution >= 0.6 is 0 Å². The zero-order valence-corrected chi connectivity index (χ0v) is 12.7. The molecule has 0 amide bonds. The molecule has 3 saturated heterocycles. The average molecular weight is 285 g/mol. The van der Waals surface area contributed by atoms with Crippen molar-refractivity contribution in [3.05, 3.63) is 29.8 Å². The molecule has 1 aromatic rings. The lowest BCUT2D eigenvalue weighted by molar-refractivity contribution is 0.133. The Morgan fingerprint density at radius 2 is 2.10 bits per heavy atom. The molecule has 3 fully saturated rings. The second-order valence-electron chi connectivity index (χ2n) is 6.64. The van der Waals surface area contributed by atoms with E-state index >= 15 is 0 Å². The van der Waals surface area contributed by atoms with Gasteiger partial charge in [0.05, 0.1) is 23.9 Å². The van der Waals surface area contributed by atoms with Crippen LogP contribution in [-0.2, 0) is 0 Å². The van der Waals surface area contributed by atoms with Gasteiger partial charge in [0, 0.05) is 5.92 Å². The Morgan fingerprint density at radius 1 is 1.29 bits per heavy atom. The summed E-state index contributed by atoms with van der Waals surface area (Å²) in [7, 11) is 0. The van der Waals surface area contributed by atoms with Crippen molar-refractivity contribution in [1.29, 1.82) is 0 Å². The van der Waals surface area contributed by atoms with E-state index in [0.29, 0.717) is 12.0 Å². The quantitative estimate of drug-likeness (QED) is 0.927. The van der Waals surface area contributed by atoms with Crippen LogP contribution in [0.25, 0.3) is 0 Å². The van der Waals surface area contributed by atoms with Crippen molar-refractivity contribution in [2.75, 3.05) is 13.1 Å². The summed E-state index contributed by atoms with van der Waals surface area (Å²) in [5, 5.41) is 4.67. The van der Waals surface area contributed by atoms with Crippen molar-refractivity contribution in [2.24, 2.45) is 11.0 Å². The SMILES string of the molecule is CC(C)Oc1cccc(C2NN=C3C4CCN(CC4)C32)c1. The van der Waals surface area contributed by atoms with Crippen molar-refractivity contribution < 1.29 is 4.74 Å². The summed E-state index contributed by atoms with van der Waals surface area (Å²) < 4.78 is 5.83. The lowest BCUT2D eigenvalue weighted by atomic mass is 9.78. The molecule has 0 radical (unpaired) electrons. The van der Waals surface area contributed by atoms with Gasteiger partial charge in [-0.15, -0.1) is 0 Å². The average Bonchev–Trinajstić information content (AvgIpc) is 2.95. The minimum Gasteiger partial charge on any atom is -0.491 e. The van der Waals surface area contributed by atoms with Gasteiger partial charge < -0.3 is 10.2 Å². The number of fused-ring (bicyclic) bond motifs is 2. The standard InChI is InChI=1S/C17H23N3O/c1-11(2)21-14-5-3-4-13(10-14)16-17-15(18-19-16)12-6-8-20(17)9-7-12/h3-5,10-12,16-17,19H,6-9H2,1-2H3. The summed E-state index contributed by atoms with van der Waals surface area (Å²) >= 11 is 0. The molecule has 21 heavy (non-hydrogen) atoms. The monoisotopic (exact) mass is 285 g/mol. The second kappa shape index (κ2) is 5.02. The van der Waals surface area contributed by atoms with Crippen LogP contribution in [0.15, 0.2) is 29.4 Å². The molecule has 4 aliphatic rings. The van der Waals surface area contributed by atoms with Gasteiger partial charge in [-0.25, -0.2) is 0 Å². The number of benzene rings is 1. The van der Waals surface area contributed by atoms with E-state index in [-0.39, 0.29) is 12.1 Å². The number of piperidine rings is 3. The van der Waals surface area contributed by atoms with Gasteiger partial charge in [0.1, 0.15) is 5.75 Å². The number of ether oxygens (including phenoxy) is 1. The zero-order chi connectivity index (χ0) is 14.4. The molecule has 0 spiro atoms. The molecule has 2 atom stereocenters. The number of hydrogen-bond donors (Lipinski definition) is 1. The first-order chi connectivity index (χ1) is 10.2. The fraction of sp³-hybridized carbons (Fsp3) is 0.588. The Balaban J connectivity index is 1.60. The van der Waals surface area contributed by atoms with Gasteiger partial charge in [0.15, 0.2) is 0 Å². The molecule has 112 valence electrons. The van der Waals surface area contributed by atoms with E-state index in [1.54, 1.807) is 0 Å². The van der Waals surface area contributed by atoms with Gasteiger partial charge in [-0.2, -0.15) is 5.10 Å². The zero-order valence-electron chi connectivity index (χ0n) is 12.7. The number of rotatable bonds is 3. The van der Waals surface area contributed by atoms with Crippen molar-refractivity contribution in [3.63, 3.8) is 0 Å². The Labute approximate surface area is 126 Å². The third-order valence-corrected chi connectivity index (χ3v) is 4.88. The molecule has 4 aliphatic heterocycles. The highest BCUT2D eigenvalue weighted by atomic mass is 16.5. The lowest BCUT2D eigenvalue weighted by Crippen LogP contribution is -2.56. The van der Waals surface area contributed by atoms with Crippen LogP contribution in [0.1, 0.15) is 38.3 Å². The molecule has 1 N–H and O–H groups in total. The molecular formula is C17H23N3O. The van der Waals surface area contributed by atoms with Crippen LogP contribution in [0, 0.1) is 5.92 Å². The van der Waals surface area contributed by atoms with E-state index < -0.39 is 0 Å². The normalized spacial score (nSPS) is 33.6. The topological polar surface area (TPSA) is 36.9 Å². The van der Waals surface area contributed by atoms with Gasteiger partial charge in [0.25, 0.3) is 0 Å². The number of nitrogens with one attached hydrogen (secondary N) is 1. The summed E-state index contributed by atoms with van der Waals surface area (Å²) in [5.41, 5.74) is 6.05. The largest absolute Gasteiger partial charge is 0.491 e. The highest BCUT2D eigenvalue weighted by Crippen LogP contribution is 2.39. The molecule has 1 aromatic carbocycles. The predicted octanol–water partition coefficient (Wildman–Crippen LogP) is 2.57. The van der Waals surface area contributed by atoms with Gasteiger partial charge in [-0.05, 0) is 57.5 Å². The first-order valence-corrected chi connectivity index (χ1v) is 8.06. The van der Waals surface area contributed by atoms with Gasteiger partial charge in [-0.3, -0.25) is 4.90 Å². The molecule has 2 unspecified atom stereocenters. The van der Waals surface area contributed by atoms with Gasteiger partial charge >= 0.3 is 0 Å². The summed E-state index contributed by atoms with van der Waals surface area (Å²) in [5.74, 6) is 1.65. The Morgan fingerprint density at radius 3 is 2.86 bits per heavy atom. The second-order valence-corrected chi connectivity index (χ2v) is 6.64. The van der Waals surface area contributed by atoms with E-state index in [1.807, 2.05) is 6.07 Å². The molecule has 4 heteroatoms. The van der Waals surface area contributed by atoms with Gasteiger partial charge in [0.2, 0.25) is 0 Å². The smallest absolute Gasteiger partial charge is 0.120 e. The fourth-order valence-electron chi connectivity index (χ4n) is 3.97. The van der Waals surface area contributed by atoms with Crippen LogP contribution in [-0.4, -0.2) is 35.8 Å². The molecule has 4 heterocycles. The number of hydrazone groups is 1. The fourth-order valence-corrected chi connectivity index (χ4v) is 3.97. The van der Waals surface area contributed by atoms with Crippen molar-refractivity contribution in [1.82, 2.24) is 10.3 Å². The summed E-state index contributed by atoms with van der Waals surface area (Å²) in [6, 6.07) is 9.20. The van der Waals surface area contributed by atoms with Crippen molar-refractivity contribution in [3.8, 4) is 5.75 Å². The molecule has 5 rings (SSSR count). The molecule has 4 nitrogen and oxygen atoms in total. The Bertz CT molecular complexity index is 561. The predicted molar refractivity (Wildman–Crippen MR) is 83.6 cm³/mol. The molecule has 2 bridgehead atoms. The minimum absolute atomic E-state index is 0.207. The third kappa shape index (κ3) is 2.22. The van der Waals surface area contributed by atoms with Gasteiger partial charge in [-0.1, -0.05) is 12.1 Å². The summed E-state index contributed by atoms with van der Waals surface area (Å²) in [6.07, 6.45) is 2.76. The van der Waals surface area contributed by atoms with Crippen molar-refractivity contribution in [2.45, 2.75) is 44.9 Å². The molecule has 0 aliphatic carbocycles. The van der Waals surface area contributed by atoms with E-state index in [0.717, 1.165) is 5.75 Å². The molecular weight excluding hydrogens is 262 g/mol. The summed E-state index contributed by atoms with van der Waals surface area (Å²) in [4.78, 5) is 2.60. The first-order valence-electron chi connectivity index (χ1n) is 8.06. The Hall–Kier alpha value is -1.55. The van der Waals surface area contributed by atoms with E-state index in [9.17, 15) is 0 Å². The maximum absolute atomic E-state index is 5.83. The number of nitrogens with zero attached hydrogens (tertiary/aromatic N) is 2. The van der Waals surface area contributed by atoms with Crippen LogP contribution in [0.5, 0.6) is 5.75 Å². The maximum Gasteiger partial charge on any atom is 0.120 e. The van der Waals surface area contributed by atoms with Crippen molar-refractivity contribution >= 4 is 5.71 Å². The molecule has 0 aromatic heterocycles. The minimum atomic E-state index is 0.207. The van der Waals surface area contributed by atoms with Crippen LogP contribution in [0.2, 0.25) is 0 Å². The van der Waals surface area contributed by atoms with E-state index in [4.69, 9.17) is 4.74 Å².